The topological polar surface area (TPSA) is 98.7 Å². The third kappa shape index (κ3) is 6.10. The predicted octanol–water partition coefficient (Wildman–Crippen LogP) is 2.44. The van der Waals surface area contributed by atoms with E-state index in [1.165, 1.54) is 0 Å². The van der Waals surface area contributed by atoms with Gasteiger partial charge in [-0.3, -0.25) is 9.59 Å². The molecule has 0 aliphatic carbocycles. The number of aryl methyl sites for hydroxylation is 1. The van der Waals surface area contributed by atoms with Gasteiger partial charge in [0, 0.05) is 23.6 Å². The minimum atomic E-state index is -0.393. The highest BCUT2D eigenvalue weighted by atomic mass is 16.5. The van der Waals surface area contributed by atoms with E-state index in [1.807, 2.05) is 13.8 Å². The Balaban J connectivity index is 1.96. The van der Waals surface area contributed by atoms with Crippen LogP contribution in [0, 0.1) is 13.8 Å². The molecule has 29 heavy (non-hydrogen) atoms. The number of benzene rings is 1. The molecule has 8 nitrogen and oxygen atoms in total. The van der Waals surface area contributed by atoms with Crippen LogP contribution in [0.25, 0.3) is 0 Å². The Hall–Kier alpha value is -3.29. The lowest BCUT2D eigenvalue weighted by Gasteiger charge is -2.11. The van der Waals surface area contributed by atoms with E-state index in [0.29, 0.717) is 35.8 Å². The first-order chi connectivity index (χ1) is 13.8. The van der Waals surface area contributed by atoms with E-state index in [4.69, 9.17) is 9.47 Å². The Morgan fingerprint density at radius 1 is 1.03 bits per heavy atom. The molecule has 2 amide bonds. The molecule has 1 aromatic carbocycles. The van der Waals surface area contributed by atoms with Crippen molar-refractivity contribution in [2.45, 2.75) is 34.2 Å². The standard InChI is InChI=1S/C21H27N3O5/c1-5-22-20(26)13-29-17-9-7-16(8-10-17)23-19(25)12-24-14(3)11-18(15(24)4)21(27)28-6-2/h7-11H,5-6,12-13H2,1-4H3,(H,22,26)(H,23,25). The molecule has 0 saturated heterocycles. The maximum absolute atomic E-state index is 12.4. The fourth-order valence-electron chi connectivity index (χ4n) is 2.84. The van der Waals surface area contributed by atoms with Crippen molar-refractivity contribution in [2.24, 2.45) is 0 Å². The summed E-state index contributed by atoms with van der Waals surface area (Å²) in [5.74, 6) is -0.274. The highest BCUT2D eigenvalue weighted by Crippen LogP contribution is 2.18. The molecule has 8 heteroatoms. The summed E-state index contributed by atoms with van der Waals surface area (Å²) in [4.78, 5) is 35.8. The number of esters is 1. The maximum Gasteiger partial charge on any atom is 0.339 e. The molecule has 0 unspecified atom stereocenters. The number of amides is 2. The van der Waals surface area contributed by atoms with Crippen LogP contribution in [0.1, 0.15) is 35.6 Å². The summed E-state index contributed by atoms with van der Waals surface area (Å²) in [6, 6.07) is 8.48. The molecule has 0 aliphatic rings. The van der Waals surface area contributed by atoms with Gasteiger partial charge in [-0.2, -0.15) is 0 Å². The summed E-state index contributed by atoms with van der Waals surface area (Å²) in [7, 11) is 0. The number of carbonyl (C=O) groups is 3. The number of nitrogens with zero attached hydrogens (tertiary/aromatic N) is 1. The number of hydrogen-bond acceptors (Lipinski definition) is 5. The van der Waals surface area contributed by atoms with Crippen molar-refractivity contribution in [2.75, 3.05) is 25.1 Å². The molecular weight excluding hydrogens is 374 g/mol. The average Bonchev–Trinajstić information content (AvgIpc) is 2.96. The Kier molecular flexibility index (Phi) is 7.82. The highest BCUT2D eigenvalue weighted by molar-refractivity contribution is 5.93. The van der Waals surface area contributed by atoms with Crippen LogP contribution < -0.4 is 15.4 Å². The summed E-state index contributed by atoms with van der Waals surface area (Å²) in [6.07, 6.45) is 0. The number of aromatic nitrogens is 1. The van der Waals surface area contributed by atoms with Gasteiger partial charge in [0.15, 0.2) is 6.61 Å². The first-order valence-electron chi connectivity index (χ1n) is 9.49. The molecule has 2 aromatic rings. The second-order valence-electron chi connectivity index (χ2n) is 6.41. The summed E-state index contributed by atoms with van der Waals surface area (Å²) in [5.41, 5.74) is 2.55. The Bertz CT molecular complexity index is 871. The second kappa shape index (κ2) is 10.3. The second-order valence-corrected chi connectivity index (χ2v) is 6.41. The molecule has 1 aromatic heterocycles. The van der Waals surface area contributed by atoms with Crippen molar-refractivity contribution in [1.29, 1.82) is 0 Å². The number of likely N-dealkylation sites (N-methyl/N-ethyl adjacent to an activating group) is 1. The van der Waals surface area contributed by atoms with E-state index in [1.54, 1.807) is 48.7 Å². The van der Waals surface area contributed by atoms with Gasteiger partial charge < -0.3 is 24.7 Å². The van der Waals surface area contributed by atoms with Gasteiger partial charge >= 0.3 is 5.97 Å². The van der Waals surface area contributed by atoms with Crippen LogP contribution in [0.15, 0.2) is 30.3 Å². The number of anilines is 1. The molecule has 0 aliphatic heterocycles. The molecule has 0 bridgehead atoms. The molecule has 1 heterocycles. The predicted molar refractivity (Wildman–Crippen MR) is 109 cm³/mol. The van der Waals surface area contributed by atoms with Gasteiger partial charge in [0.1, 0.15) is 12.3 Å². The number of carbonyl (C=O) groups excluding carboxylic acids is 3. The van der Waals surface area contributed by atoms with Crippen molar-refractivity contribution < 1.29 is 23.9 Å². The zero-order valence-corrected chi connectivity index (χ0v) is 17.2. The summed E-state index contributed by atoms with van der Waals surface area (Å²) in [5, 5.41) is 5.46. The van der Waals surface area contributed by atoms with Crippen molar-refractivity contribution in [3.8, 4) is 5.75 Å². The van der Waals surface area contributed by atoms with Gasteiger partial charge in [-0.25, -0.2) is 4.79 Å². The largest absolute Gasteiger partial charge is 0.484 e. The fourth-order valence-corrected chi connectivity index (χ4v) is 2.84. The monoisotopic (exact) mass is 401 g/mol. The third-order valence-corrected chi connectivity index (χ3v) is 4.25. The molecular formula is C21H27N3O5. The first kappa shape index (κ1) is 22.0. The van der Waals surface area contributed by atoms with E-state index in [2.05, 4.69) is 10.6 Å². The van der Waals surface area contributed by atoms with E-state index in [9.17, 15) is 14.4 Å². The van der Waals surface area contributed by atoms with Gasteiger partial charge in [-0.15, -0.1) is 0 Å². The zero-order valence-electron chi connectivity index (χ0n) is 17.2. The van der Waals surface area contributed by atoms with Gasteiger partial charge in [0.25, 0.3) is 5.91 Å². The number of rotatable bonds is 9. The van der Waals surface area contributed by atoms with Crippen LogP contribution in [0.4, 0.5) is 5.69 Å². The fraction of sp³-hybridized carbons (Fsp3) is 0.381. The lowest BCUT2D eigenvalue weighted by atomic mass is 10.2. The smallest absolute Gasteiger partial charge is 0.339 e. The summed E-state index contributed by atoms with van der Waals surface area (Å²) in [6.45, 7) is 8.07. The molecule has 0 fully saturated rings. The average molecular weight is 401 g/mol. The van der Waals surface area contributed by atoms with E-state index < -0.39 is 5.97 Å². The van der Waals surface area contributed by atoms with Gasteiger partial charge in [0.05, 0.1) is 12.2 Å². The molecule has 156 valence electrons. The molecule has 2 rings (SSSR count). The number of nitrogens with one attached hydrogen (secondary N) is 2. The van der Waals surface area contributed by atoms with Crippen molar-refractivity contribution in [3.63, 3.8) is 0 Å². The van der Waals surface area contributed by atoms with Crippen LogP contribution in [-0.4, -0.2) is 42.1 Å². The highest BCUT2D eigenvalue weighted by Gasteiger charge is 2.18. The quantitative estimate of drug-likeness (QED) is 0.629. The molecule has 0 radical (unpaired) electrons. The summed E-state index contributed by atoms with van der Waals surface area (Å²) >= 11 is 0. The van der Waals surface area contributed by atoms with Crippen molar-refractivity contribution >= 4 is 23.5 Å². The van der Waals surface area contributed by atoms with Gasteiger partial charge in [-0.05, 0) is 58.0 Å². The SMILES string of the molecule is CCNC(=O)COc1ccc(NC(=O)Cn2c(C)cc(C(=O)OCC)c2C)cc1. The maximum atomic E-state index is 12.4. The first-order valence-corrected chi connectivity index (χ1v) is 9.49. The van der Waals surface area contributed by atoms with Crippen LogP contribution >= 0.6 is 0 Å². The number of hydrogen-bond donors (Lipinski definition) is 2. The third-order valence-electron chi connectivity index (χ3n) is 4.25. The van der Waals surface area contributed by atoms with Crippen LogP contribution in [-0.2, 0) is 20.9 Å². The van der Waals surface area contributed by atoms with E-state index in [0.717, 1.165) is 5.69 Å². The minimum Gasteiger partial charge on any atom is -0.484 e. The van der Waals surface area contributed by atoms with Crippen LogP contribution in [0.5, 0.6) is 5.75 Å². The Labute approximate surface area is 170 Å². The lowest BCUT2D eigenvalue weighted by molar-refractivity contribution is -0.123. The Morgan fingerprint density at radius 2 is 1.72 bits per heavy atom. The number of ether oxygens (including phenoxy) is 2. The zero-order chi connectivity index (χ0) is 21.4. The lowest BCUT2D eigenvalue weighted by Crippen LogP contribution is -2.28. The summed E-state index contributed by atoms with van der Waals surface area (Å²) < 4.78 is 12.2. The van der Waals surface area contributed by atoms with Gasteiger partial charge in [0.2, 0.25) is 5.91 Å². The van der Waals surface area contributed by atoms with E-state index in [-0.39, 0.29) is 25.0 Å². The molecule has 0 spiro atoms. The van der Waals surface area contributed by atoms with Crippen LogP contribution in [0.2, 0.25) is 0 Å². The van der Waals surface area contributed by atoms with Crippen LogP contribution in [0.3, 0.4) is 0 Å². The minimum absolute atomic E-state index is 0.0610. The van der Waals surface area contributed by atoms with Gasteiger partial charge in [-0.1, -0.05) is 0 Å². The van der Waals surface area contributed by atoms with Crippen molar-refractivity contribution in [3.05, 3.63) is 47.3 Å². The molecule has 0 saturated carbocycles. The van der Waals surface area contributed by atoms with E-state index >= 15 is 0 Å². The normalized spacial score (nSPS) is 10.3. The van der Waals surface area contributed by atoms with Crippen molar-refractivity contribution in [1.82, 2.24) is 9.88 Å². The Morgan fingerprint density at radius 3 is 2.34 bits per heavy atom. The molecule has 0 atom stereocenters. The molecule has 2 N–H and O–H groups in total.